The van der Waals surface area contributed by atoms with Gasteiger partial charge in [0.1, 0.15) is 0 Å². The maximum absolute atomic E-state index is 5.32. The van der Waals surface area contributed by atoms with Crippen LogP contribution in [0.1, 0.15) is 28.3 Å². The van der Waals surface area contributed by atoms with Crippen LogP contribution in [0.2, 0.25) is 0 Å². The Morgan fingerprint density at radius 3 is 2.07 bits per heavy atom. The van der Waals surface area contributed by atoms with E-state index >= 15 is 0 Å². The lowest BCUT2D eigenvalue weighted by Gasteiger charge is -2.02. The fourth-order valence-electron chi connectivity index (χ4n) is 3.53. The molecule has 0 fully saturated rings. The van der Waals surface area contributed by atoms with Gasteiger partial charge in [0.2, 0.25) is 0 Å². The molecule has 5 nitrogen and oxygen atoms in total. The molecular formula is C23H20N4O. The SMILES string of the molecule is COCCc1c2nc(cc3ccc(cc4nc(cc5ccc1[nH]5)C=C4)[nH]3)C=C2. The zero-order valence-corrected chi connectivity index (χ0v) is 15.6. The van der Waals surface area contributed by atoms with Crippen molar-refractivity contribution >= 4 is 46.4 Å². The summed E-state index contributed by atoms with van der Waals surface area (Å²) < 4.78 is 5.32. The minimum Gasteiger partial charge on any atom is -0.384 e. The van der Waals surface area contributed by atoms with Crippen LogP contribution in [0.4, 0.5) is 0 Å². The molecule has 5 heterocycles. The lowest BCUT2D eigenvalue weighted by Crippen LogP contribution is -1.97. The van der Waals surface area contributed by atoms with E-state index in [1.165, 1.54) is 0 Å². The fourth-order valence-corrected chi connectivity index (χ4v) is 3.53. The van der Waals surface area contributed by atoms with Crippen LogP contribution in [0.15, 0.2) is 42.5 Å². The number of aromatic nitrogens is 4. The zero-order valence-electron chi connectivity index (χ0n) is 15.6. The monoisotopic (exact) mass is 368 g/mol. The molecule has 0 atom stereocenters. The summed E-state index contributed by atoms with van der Waals surface area (Å²) in [5.41, 5.74) is 9.00. The van der Waals surface area contributed by atoms with E-state index in [-0.39, 0.29) is 0 Å². The Labute approximate surface area is 162 Å². The topological polar surface area (TPSA) is 66.6 Å². The van der Waals surface area contributed by atoms with E-state index in [9.17, 15) is 0 Å². The summed E-state index contributed by atoms with van der Waals surface area (Å²) in [6, 6.07) is 14.4. The first-order valence-corrected chi connectivity index (χ1v) is 9.32. The molecule has 138 valence electrons. The van der Waals surface area contributed by atoms with Gasteiger partial charge in [-0.3, -0.25) is 0 Å². The van der Waals surface area contributed by atoms with E-state index in [1.54, 1.807) is 7.11 Å². The van der Waals surface area contributed by atoms with Crippen LogP contribution in [0, 0.1) is 0 Å². The van der Waals surface area contributed by atoms with Crippen molar-refractivity contribution in [1.82, 2.24) is 19.9 Å². The number of rotatable bonds is 3. The summed E-state index contributed by atoms with van der Waals surface area (Å²) in [7, 11) is 1.72. The van der Waals surface area contributed by atoms with Crippen LogP contribution >= 0.6 is 0 Å². The molecule has 0 amide bonds. The molecule has 0 aromatic carbocycles. The van der Waals surface area contributed by atoms with Crippen LogP contribution in [-0.2, 0) is 11.2 Å². The molecule has 5 heteroatoms. The number of H-pyrrole nitrogens is 2. The average Bonchev–Trinajstić information content (AvgIpc) is 3.46. The molecule has 0 aliphatic carbocycles. The van der Waals surface area contributed by atoms with Crippen molar-refractivity contribution in [2.24, 2.45) is 0 Å². The van der Waals surface area contributed by atoms with Crippen molar-refractivity contribution in [3.63, 3.8) is 0 Å². The first-order valence-electron chi connectivity index (χ1n) is 9.32. The predicted octanol–water partition coefficient (Wildman–Crippen LogP) is 4.84. The van der Waals surface area contributed by atoms with Gasteiger partial charge in [-0.1, -0.05) is 0 Å². The molecule has 0 spiro atoms. The quantitative estimate of drug-likeness (QED) is 0.479. The number of methoxy groups -OCH3 is 1. The Kier molecular flexibility index (Phi) is 4.14. The molecule has 0 saturated heterocycles. The number of nitrogens with one attached hydrogen (secondary N) is 2. The zero-order chi connectivity index (χ0) is 18.9. The van der Waals surface area contributed by atoms with E-state index in [2.05, 4.69) is 57.4 Å². The van der Waals surface area contributed by atoms with E-state index in [4.69, 9.17) is 9.72 Å². The van der Waals surface area contributed by atoms with Crippen LogP contribution in [-0.4, -0.2) is 33.7 Å². The standard InChI is InChI=1S/C23H20N4O/c1-28-11-10-21-22-8-6-19(26-22)13-17-4-2-15(24-17)12-16-3-5-18(25-16)14-20-7-9-23(21)27-20/h2-9,12-14,24,27H,10-11H2,1H3. The number of nitrogens with zero attached hydrogens (tertiary/aromatic N) is 2. The molecule has 5 rings (SSSR count). The Balaban J connectivity index is 1.82. The summed E-state index contributed by atoms with van der Waals surface area (Å²) in [6.07, 6.45) is 8.96. The molecule has 0 saturated carbocycles. The minimum atomic E-state index is 0.642. The Hall–Kier alpha value is -3.44. The van der Waals surface area contributed by atoms with Crippen molar-refractivity contribution < 1.29 is 4.74 Å². The van der Waals surface area contributed by atoms with Gasteiger partial charge in [-0.05, 0) is 73.2 Å². The van der Waals surface area contributed by atoms with E-state index in [1.807, 2.05) is 24.3 Å². The largest absolute Gasteiger partial charge is 0.384 e. The van der Waals surface area contributed by atoms with Crippen LogP contribution in [0.3, 0.4) is 0 Å². The van der Waals surface area contributed by atoms with Crippen molar-refractivity contribution in [2.75, 3.05) is 13.7 Å². The molecule has 3 aromatic rings. The number of hydrogen-bond acceptors (Lipinski definition) is 3. The second kappa shape index (κ2) is 6.94. The fraction of sp³-hybridized carbons (Fsp3) is 0.130. The van der Waals surface area contributed by atoms with Gasteiger partial charge in [0.05, 0.1) is 29.4 Å². The van der Waals surface area contributed by atoms with Crippen LogP contribution in [0.5, 0.6) is 0 Å². The highest BCUT2D eigenvalue weighted by Gasteiger charge is 2.08. The third kappa shape index (κ3) is 3.28. The van der Waals surface area contributed by atoms with Crippen molar-refractivity contribution in [3.8, 4) is 0 Å². The van der Waals surface area contributed by atoms with Gasteiger partial charge in [0, 0.05) is 34.7 Å². The van der Waals surface area contributed by atoms with Gasteiger partial charge in [0.25, 0.3) is 0 Å². The van der Waals surface area contributed by atoms with E-state index in [0.29, 0.717) is 6.61 Å². The third-order valence-corrected chi connectivity index (χ3v) is 4.88. The number of hydrogen-bond donors (Lipinski definition) is 2. The predicted molar refractivity (Wildman–Crippen MR) is 114 cm³/mol. The first-order chi connectivity index (χ1) is 13.8. The van der Waals surface area contributed by atoms with E-state index < -0.39 is 0 Å². The minimum absolute atomic E-state index is 0.642. The number of ether oxygens (including phenoxy) is 1. The second-order valence-electron chi connectivity index (χ2n) is 6.90. The molecular weight excluding hydrogens is 348 g/mol. The summed E-state index contributed by atoms with van der Waals surface area (Å²) in [6.45, 7) is 0.642. The highest BCUT2D eigenvalue weighted by Crippen LogP contribution is 2.21. The highest BCUT2D eigenvalue weighted by molar-refractivity contribution is 5.79. The highest BCUT2D eigenvalue weighted by atomic mass is 16.5. The van der Waals surface area contributed by atoms with Crippen LogP contribution in [0.25, 0.3) is 46.4 Å². The van der Waals surface area contributed by atoms with Crippen molar-refractivity contribution in [3.05, 3.63) is 70.8 Å². The maximum atomic E-state index is 5.32. The van der Waals surface area contributed by atoms with Gasteiger partial charge >= 0.3 is 0 Å². The second-order valence-corrected chi connectivity index (χ2v) is 6.90. The summed E-state index contributed by atoms with van der Waals surface area (Å²) in [5.74, 6) is 0. The molecule has 0 unspecified atom stereocenters. The maximum Gasteiger partial charge on any atom is 0.0691 e. The van der Waals surface area contributed by atoms with Gasteiger partial charge in [-0.2, -0.15) is 0 Å². The van der Waals surface area contributed by atoms with Crippen LogP contribution < -0.4 is 0 Å². The van der Waals surface area contributed by atoms with Gasteiger partial charge in [-0.25, -0.2) is 9.97 Å². The van der Waals surface area contributed by atoms with Gasteiger partial charge < -0.3 is 14.7 Å². The Morgan fingerprint density at radius 2 is 1.36 bits per heavy atom. The smallest absolute Gasteiger partial charge is 0.0691 e. The molecule has 28 heavy (non-hydrogen) atoms. The molecule has 0 radical (unpaired) electrons. The van der Waals surface area contributed by atoms with Gasteiger partial charge in [-0.15, -0.1) is 0 Å². The first kappa shape index (κ1) is 16.7. The molecule has 8 bridgehead atoms. The normalized spacial score (nSPS) is 12.6. The lowest BCUT2D eigenvalue weighted by atomic mass is 10.1. The number of fused-ring (bicyclic) bond motifs is 8. The Bertz CT molecular complexity index is 1260. The molecule has 2 N–H and O–H groups in total. The molecule has 2 aliphatic heterocycles. The summed E-state index contributed by atoms with van der Waals surface area (Å²) >= 11 is 0. The van der Waals surface area contributed by atoms with Crippen molar-refractivity contribution in [1.29, 1.82) is 0 Å². The lowest BCUT2D eigenvalue weighted by molar-refractivity contribution is 0.202. The van der Waals surface area contributed by atoms with E-state index in [0.717, 1.165) is 56.8 Å². The molecule has 3 aromatic heterocycles. The number of aromatic amines is 2. The van der Waals surface area contributed by atoms with Crippen molar-refractivity contribution in [2.45, 2.75) is 6.42 Å². The Morgan fingerprint density at radius 1 is 0.750 bits per heavy atom. The van der Waals surface area contributed by atoms with Gasteiger partial charge in [0.15, 0.2) is 0 Å². The average molecular weight is 368 g/mol. The summed E-state index contributed by atoms with van der Waals surface area (Å²) in [4.78, 5) is 16.4. The third-order valence-electron chi connectivity index (χ3n) is 4.88. The summed E-state index contributed by atoms with van der Waals surface area (Å²) in [5, 5.41) is 0. The molecule has 2 aliphatic rings.